The van der Waals surface area contributed by atoms with E-state index in [2.05, 4.69) is 19.1 Å². The van der Waals surface area contributed by atoms with Crippen LogP contribution in [0.2, 0.25) is 0 Å². The molecule has 1 fully saturated rings. The highest BCUT2D eigenvalue weighted by Gasteiger charge is 2.25. The van der Waals surface area contributed by atoms with Crippen LogP contribution in [0, 0.1) is 0 Å². The van der Waals surface area contributed by atoms with Gasteiger partial charge in [0.1, 0.15) is 0 Å². The molecule has 0 aliphatic heterocycles. The maximum Gasteiger partial charge on any atom is 0.161 e. The van der Waals surface area contributed by atoms with E-state index in [-0.39, 0.29) is 0 Å². The third-order valence-electron chi connectivity index (χ3n) is 3.17. The molecule has 0 radical (unpaired) electrons. The lowest BCUT2D eigenvalue weighted by Gasteiger charge is -2.15. The first-order chi connectivity index (χ1) is 8.24. The van der Waals surface area contributed by atoms with E-state index in [9.17, 15) is 0 Å². The molecule has 1 aliphatic carbocycles. The molecule has 2 N–H and O–H groups in total. The number of hydrogen-bond donors (Lipinski definition) is 1. The third-order valence-corrected chi connectivity index (χ3v) is 3.17. The Morgan fingerprint density at radius 2 is 2.12 bits per heavy atom. The van der Waals surface area contributed by atoms with E-state index >= 15 is 0 Å². The highest BCUT2D eigenvalue weighted by atomic mass is 16.5. The fourth-order valence-corrected chi connectivity index (χ4v) is 1.87. The number of nitrogens with two attached hydrogens (primary N) is 1. The molecule has 0 heterocycles. The average Bonchev–Trinajstić information content (AvgIpc) is 3.13. The summed E-state index contributed by atoms with van der Waals surface area (Å²) in [7, 11) is 1.68. The van der Waals surface area contributed by atoms with E-state index in [0.29, 0.717) is 18.6 Å². The van der Waals surface area contributed by atoms with Gasteiger partial charge in [-0.05, 0) is 49.4 Å². The molecule has 0 saturated heterocycles. The standard InChI is InChI=1S/C14H21NO2/c1-10(7-8-15)11-3-6-13(16-2)14(9-11)17-12-4-5-12/h3,6,9-10,12H,4-5,7-8,15H2,1-2H3. The van der Waals surface area contributed by atoms with Gasteiger partial charge in [-0.2, -0.15) is 0 Å². The summed E-state index contributed by atoms with van der Waals surface area (Å²) in [5.41, 5.74) is 6.87. The second-order valence-electron chi connectivity index (χ2n) is 4.71. The molecule has 0 spiro atoms. The summed E-state index contributed by atoms with van der Waals surface area (Å²) in [6, 6.07) is 6.18. The van der Waals surface area contributed by atoms with Crippen molar-refractivity contribution in [2.75, 3.05) is 13.7 Å². The Labute approximate surface area is 103 Å². The van der Waals surface area contributed by atoms with E-state index < -0.39 is 0 Å². The normalized spacial score (nSPS) is 16.6. The van der Waals surface area contributed by atoms with Gasteiger partial charge in [-0.1, -0.05) is 13.0 Å². The molecule has 3 nitrogen and oxygen atoms in total. The Morgan fingerprint density at radius 3 is 2.71 bits per heavy atom. The third kappa shape index (κ3) is 3.13. The molecule has 1 saturated carbocycles. The topological polar surface area (TPSA) is 44.5 Å². The lowest BCUT2D eigenvalue weighted by atomic mass is 9.97. The lowest BCUT2D eigenvalue weighted by Crippen LogP contribution is -2.05. The van der Waals surface area contributed by atoms with Crippen LogP contribution < -0.4 is 15.2 Å². The molecule has 0 bridgehead atoms. The monoisotopic (exact) mass is 235 g/mol. The molecule has 1 atom stereocenters. The predicted octanol–water partition coefficient (Wildman–Crippen LogP) is 2.69. The van der Waals surface area contributed by atoms with Gasteiger partial charge >= 0.3 is 0 Å². The Bertz CT molecular complexity index is 374. The summed E-state index contributed by atoms with van der Waals surface area (Å²) in [5.74, 6) is 2.16. The Kier molecular flexibility index (Phi) is 3.89. The van der Waals surface area contributed by atoms with Crippen molar-refractivity contribution in [3.05, 3.63) is 23.8 Å². The van der Waals surface area contributed by atoms with Gasteiger partial charge in [-0.25, -0.2) is 0 Å². The van der Waals surface area contributed by atoms with Gasteiger partial charge in [0.15, 0.2) is 11.5 Å². The molecule has 1 aromatic rings. The van der Waals surface area contributed by atoms with Gasteiger partial charge in [0.25, 0.3) is 0 Å². The largest absolute Gasteiger partial charge is 0.493 e. The molecule has 0 aromatic heterocycles. The minimum absolute atomic E-state index is 0.393. The van der Waals surface area contributed by atoms with Crippen LogP contribution in [0.25, 0.3) is 0 Å². The Morgan fingerprint density at radius 1 is 1.35 bits per heavy atom. The second kappa shape index (κ2) is 5.41. The van der Waals surface area contributed by atoms with Crippen LogP contribution in [0.5, 0.6) is 11.5 Å². The zero-order valence-electron chi connectivity index (χ0n) is 10.6. The Balaban J connectivity index is 2.17. The van der Waals surface area contributed by atoms with E-state index in [0.717, 1.165) is 30.8 Å². The van der Waals surface area contributed by atoms with Gasteiger partial charge in [-0.15, -0.1) is 0 Å². The summed E-state index contributed by atoms with van der Waals surface area (Å²) in [6.45, 7) is 2.90. The molecule has 1 aromatic carbocycles. The van der Waals surface area contributed by atoms with Crippen LogP contribution in [-0.2, 0) is 0 Å². The summed E-state index contributed by atoms with van der Waals surface area (Å²) < 4.78 is 11.2. The summed E-state index contributed by atoms with van der Waals surface area (Å²) in [6.07, 6.45) is 3.70. The minimum atomic E-state index is 0.393. The maximum atomic E-state index is 5.86. The van der Waals surface area contributed by atoms with Crippen molar-refractivity contribution in [1.82, 2.24) is 0 Å². The Hall–Kier alpha value is -1.22. The SMILES string of the molecule is COc1ccc(C(C)CCN)cc1OC1CC1. The minimum Gasteiger partial charge on any atom is -0.493 e. The highest BCUT2D eigenvalue weighted by Crippen LogP contribution is 2.36. The molecule has 0 amide bonds. The van der Waals surface area contributed by atoms with Crippen molar-refractivity contribution in [1.29, 1.82) is 0 Å². The molecule has 1 aliphatic rings. The summed E-state index contributed by atoms with van der Waals surface area (Å²) in [5, 5.41) is 0. The predicted molar refractivity (Wildman–Crippen MR) is 68.7 cm³/mol. The quantitative estimate of drug-likeness (QED) is 0.824. The first-order valence-electron chi connectivity index (χ1n) is 6.29. The number of benzene rings is 1. The van der Waals surface area contributed by atoms with Gasteiger partial charge in [0.05, 0.1) is 13.2 Å². The van der Waals surface area contributed by atoms with Crippen LogP contribution in [0.15, 0.2) is 18.2 Å². The first-order valence-corrected chi connectivity index (χ1v) is 6.29. The number of rotatable bonds is 6. The molecule has 2 rings (SSSR count). The van der Waals surface area contributed by atoms with Crippen LogP contribution in [0.4, 0.5) is 0 Å². The van der Waals surface area contributed by atoms with Gasteiger partial charge in [-0.3, -0.25) is 0 Å². The zero-order valence-corrected chi connectivity index (χ0v) is 10.6. The first kappa shape index (κ1) is 12.2. The molecule has 3 heteroatoms. The van der Waals surface area contributed by atoms with Crippen molar-refractivity contribution in [3.8, 4) is 11.5 Å². The number of ether oxygens (including phenoxy) is 2. The second-order valence-corrected chi connectivity index (χ2v) is 4.71. The van der Waals surface area contributed by atoms with Crippen LogP contribution >= 0.6 is 0 Å². The van der Waals surface area contributed by atoms with Gasteiger partial charge in [0, 0.05) is 0 Å². The summed E-state index contributed by atoms with van der Waals surface area (Å²) in [4.78, 5) is 0. The zero-order chi connectivity index (χ0) is 12.3. The van der Waals surface area contributed by atoms with E-state index in [1.165, 1.54) is 5.56 Å². The van der Waals surface area contributed by atoms with Crippen LogP contribution in [0.1, 0.15) is 37.7 Å². The lowest BCUT2D eigenvalue weighted by molar-refractivity contribution is 0.281. The summed E-state index contributed by atoms with van der Waals surface area (Å²) >= 11 is 0. The van der Waals surface area contributed by atoms with Crippen molar-refractivity contribution < 1.29 is 9.47 Å². The number of methoxy groups -OCH3 is 1. The van der Waals surface area contributed by atoms with Crippen molar-refractivity contribution in [2.24, 2.45) is 5.73 Å². The van der Waals surface area contributed by atoms with E-state index in [1.807, 2.05) is 6.07 Å². The fourth-order valence-electron chi connectivity index (χ4n) is 1.87. The average molecular weight is 235 g/mol. The van der Waals surface area contributed by atoms with Gasteiger partial charge in [0.2, 0.25) is 0 Å². The van der Waals surface area contributed by atoms with Crippen molar-refractivity contribution in [3.63, 3.8) is 0 Å². The molecule has 94 valence electrons. The van der Waals surface area contributed by atoms with Crippen LogP contribution in [0.3, 0.4) is 0 Å². The van der Waals surface area contributed by atoms with Crippen molar-refractivity contribution in [2.45, 2.75) is 38.2 Å². The van der Waals surface area contributed by atoms with E-state index in [4.69, 9.17) is 15.2 Å². The van der Waals surface area contributed by atoms with E-state index in [1.54, 1.807) is 7.11 Å². The van der Waals surface area contributed by atoms with Crippen LogP contribution in [-0.4, -0.2) is 19.8 Å². The molecular formula is C14H21NO2. The molecular weight excluding hydrogens is 214 g/mol. The van der Waals surface area contributed by atoms with Gasteiger partial charge < -0.3 is 15.2 Å². The fraction of sp³-hybridized carbons (Fsp3) is 0.571. The highest BCUT2D eigenvalue weighted by molar-refractivity contribution is 5.44. The van der Waals surface area contributed by atoms with Crippen molar-refractivity contribution >= 4 is 0 Å². The molecule has 17 heavy (non-hydrogen) atoms. The molecule has 1 unspecified atom stereocenters. The smallest absolute Gasteiger partial charge is 0.161 e. The number of hydrogen-bond acceptors (Lipinski definition) is 3. The maximum absolute atomic E-state index is 5.86.